The van der Waals surface area contributed by atoms with Crippen molar-refractivity contribution in [2.75, 3.05) is 6.61 Å². The number of aromatic amines is 1. The highest BCUT2D eigenvalue weighted by Gasteiger charge is 2.31. The summed E-state index contributed by atoms with van der Waals surface area (Å²) in [5, 5.41) is 27.9. The van der Waals surface area contributed by atoms with Gasteiger partial charge in [0.2, 0.25) is 17.7 Å². The van der Waals surface area contributed by atoms with Gasteiger partial charge in [-0.25, -0.2) is 4.79 Å². The summed E-state index contributed by atoms with van der Waals surface area (Å²) in [6, 6.07) is 11.5. The normalized spacial score (nSPS) is 14.3. The van der Waals surface area contributed by atoms with Crippen LogP contribution in [0.4, 0.5) is 0 Å². The van der Waals surface area contributed by atoms with Gasteiger partial charge in [0.25, 0.3) is 0 Å². The molecular weight excluding hydrogens is 502 g/mol. The summed E-state index contributed by atoms with van der Waals surface area (Å²) in [5.74, 6) is -3.58. The molecule has 4 unspecified atom stereocenters. The summed E-state index contributed by atoms with van der Waals surface area (Å²) in [5.41, 5.74) is 8.11. The number of hydrogen-bond acceptors (Lipinski definition) is 6. The molecule has 3 rings (SSSR count). The number of para-hydroxylation sites is 1. The molecule has 1 heterocycles. The smallest absolute Gasteiger partial charge is 0.326 e. The Morgan fingerprint density at radius 2 is 1.41 bits per heavy atom. The van der Waals surface area contributed by atoms with Gasteiger partial charge in [-0.15, -0.1) is 0 Å². The van der Waals surface area contributed by atoms with E-state index >= 15 is 0 Å². The van der Waals surface area contributed by atoms with Gasteiger partial charge in [0.1, 0.15) is 18.1 Å². The Hall–Kier alpha value is -4.22. The third-order valence-corrected chi connectivity index (χ3v) is 6.47. The number of rotatable bonds is 13. The van der Waals surface area contributed by atoms with E-state index in [2.05, 4.69) is 20.9 Å². The number of aliphatic hydroxyl groups excluding tert-OH is 1. The van der Waals surface area contributed by atoms with Crippen LogP contribution in [0, 0.1) is 5.92 Å². The molecule has 0 radical (unpaired) electrons. The summed E-state index contributed by atoms with van der Waals surface area (Å²) in [6.07, 6.45) is 1.78. The molecule has 1 aromatic heterocycles. The van der Waals surface area contributed by atoms with Gasteiger partial charge in [-0.1, -0.05) is 62.4 Å². The zero-order chi connectivity index (χ0) is 28.5. The van der Waals surface area contributed by atoms with Crippen molar-refractivity contribution in [2.45, 2.75) is 50.9 Å². The number of hydrogen-bond donors (Lipinski definition) is 7. The number of carbonyl (C=O) groups is 4. The van der Waals surface area contributed by atoms with Crippen LogP contribution >= 0.6 is 0 Å². The minimum atomic E-state index is -1.36. The molecule has 4 atom stereocenters. The van der Waals surface area contributed by atoms with Crippen LogP contribution in [0.5, 0.6) is 0 Å². The molecule has 8 N–H and O–H groups in total. The van der Waals surface area contributed by atoms with E-state index in [9.17, 15) is 29.4 Å². The first-order valence-electron chi connectivity index (χ1n) is 12.7. The van der Waals surface area contributed by atoms with Gasteiger partial charge in [-0.05, 0) is 23.1 Å². The lowest BCUT2D eigenvalue weighted by atomic mass is 10.0. The topological polar surface area (TPSA) is 187 Å². The van der Waals surface area contributed by atoms with E-state index in [4.69, 9.17) is 5.73 Å². The lowest BCUT2D eigenvalue weighted by molar-refractivity contribution is -0.142. The van der Waals surface area contributed by atoms with Crippen LogP contribution < -0.4 is 21.7 Å². The standard InChI is InChI=1S/C28H35N5O6/c1-16(2)24(29)27(37)33-23(15-34)26(36)31-21(13-18-14-30-20-11-7-6-10-19(18)20)25(35)32-22(28(38)39)12-17-8-4-3-5-9-17/h3-11,14,16,21-24,30,34H,12-13,15,29H2,1-2H3,(H,31,36)(H,32,35)(H,33,37)(H,38,39). The molecule has 11 heteroatoms. The van der Waals surface area contributed by atoms with E-state index in [-0.39, 0.29) is 18.8 Å². The summed E-state index contributed by atoms with van der Waals surface area (Å²) < 4.78 is 0. The number of carboxylic acid groups (broad SMARTS) is 1. The van der Waals surface area contributed by atoms with Crippen molar-refractivity contribution in [2.24, 2.45) is 11.7 Å². The predicted octanol–water partition coefficient (Wildman–Crippen LogP) is 0.468. The van der Waals surface area contributed by atoms with Gasteiger partial charge in [0.15, 0.2) is 0 Å². The van der Waals surface area contributed by atoms with E-state index < -0.39 is 54.5 Å². The fourth-order valence-electron chi connectivity index (χ4n) is 4.09. The van der Waals surface area contributed by atoms with Crippen LogP contribution in [0.3, 0.4) is 0 Å². The molecule has 0 spiro atoms. The Morgan fingerprint density at radius 1 is 0.821 bits per heavy atom. The zero-order valence-electron chi connectivity index (χ0n) is 21.9. The second-order valence-electron chi connectivity index (χ2n) is 9.73. The molecule has 39 heavy (non-hydrogen) atoms. The molecule has 3 aromatic rings. The minimum Gasteiger partial charge on any atom is -0.480 e. The first-order chi connectivity index (χ1) is 18.6. The van der Waals surface area contributed by atoms with E-state index in [0.717, 1.165) is 10.9 Å². The van der Waals surface area contributed by atoms with Gasteiger partial charge in [-0.3, -0.25) is 14.4 Å². The van der Waals surface area contributed by atoms with Crippen LogP contribution in [0.25, 0.3) is 10.9 Å². The number of aliphatic carboxylic acids is 1. The minimum absolute atomic E-state index is 0.0247. The van der Waals surface area contributed by atoms with E-state index in [1.807, 2.05) is 24.3 Å². The molecule has 0 aliphatic carbocycles. The van der Waals surface area contributed by atoms with Crippen molar-refractivity contribution in [1.82, 2.24) is 20.9 Å². The van der Waals surface area contributed by atoms with Crippen LogP contribution in [0.1, 0.15) is 25.0 Å². The number of H-pyrrole nitrogens is 1. The number of nitrogens with one attached hydrogen (secondary N) is 4. The monoisotopic (exact) mass is 537 g/mol. The molecule has 0 saturated carbocycles. The van der Waals surface area contributed by atoms with Crippen LogP contribution in [0.15, 0.2) is 60.8 Å². The highest BCUT2D eigenvalue weighted by molar-refractivity contribution is 5.95. The average molecular weight is 538 g/mol. The zero-order valence-corrected chi connectivity index (χ0v) is 21.9. The van der Waals surface area contributed by atoms with Crippen LogP contribution in [-0.2, 0) is 32.0 Å². The van der Waals surface area contributed by atoms with Crippen molar-refractivity contribution in [3.05, 3.63) is 71.9 Å². The number of carbonyl (C=O) groups excluding carboxylic acids is 3. The maximum Gasteiger partial charge on any atom is 0.326 e. The Morgan fingerprint density at radius 3 is 2.05 bits per heavy atom. The Labute approximate surface area is 226 Å². The third-order valence-electron chi connectivity index (χ3n) is 6.47. The molecule has 0 aliphatic heterocycles. The number of nitrogens with two attached hydrogens (primary N) is 1. The molecule has 0 bridgehead atoms. The Kier molecular flexibility index (Phi) is 10.2. The Bertz CT molecular complexity index is 1290. The quantitative estimate of drug-likeness (QED) is 0.165. The molecule has 2 aromatic carbocycles. The summed E-state index contributed by atoms with van der Waals surface area (Å²) >= 11 is 0. The van der Waals surface area contributed by atoms with Gasteiger partial charge in [-0.2, -0.15) is 0 Å². The van der Waals surface area contributed by atoms with Crippen molar-refractivity contribution in [3.63, 3.8) is 0 Å². The second kappa shape index (κ2) is 13.5. The van der Waals surface area contributed by atoms with Crippen molar-refractivity contribution >= 4 is 34.6 Å². The van der Waals surface area contributed by atoms with Gasteiger partial charge < -0.3 is 36.9 Å². The van der Waals surface area contributed by atoms with E-state index in [1.54, 1.807) is 50.4 Å². The third kappa shape index (κ3) is 7.88. The van der Waals surface area contributed by atoms with Crippen molar-refractivity contribution in [3.8, 4) is 0 Å². The fraction of sp³-hybridized carbons (Fsp3) is 0.357. The molecule has 3 amide bonds. The first-order valence-corrected chi connectivity index (χ1v) is 12.7. The highest BCUT2D eigenvalue weighted by atomic mass is 16.4. The number of fused-ring (bicyclic) bond motifs is 1. The first kappa shape index (κ1) is 29.3. The lowest BCUT2D eigenvalue weighted by Gasteiger charge is -2.25. The van der Waals surface area contributed by atoms with Crippen LogP contribution in [0.2, 0.25) is 0 Å². The number of aliphatic hydroxyl groups is 1. The summed E-state index contributed by atoms with van der Waals surface area (Å²) in [6.45, 7) is 2.76. The largest absolute Gasteiger partial charge is 0.480 e. The Balaban J connectivity index is 1.83. The molecule has 0 aliphatic rings. The number of aromatic nitrogens is 1. The number of carboxylic acids is 1. The SMILES string of the molecule is CC(C)C(N)C(=O)NC(CO)C(=O)NC(Cc1c[nH]c2ccccc12)C(=O)NC(Cc1ccccc1)C(=O)O. The maximum absolute atomic E-state index is 13.4. The van der Waals surface area contributed by atoms with Crippen LogP contribution in [-0.4, -0.2) is 69.7 Å². The summed E-state index contributed by atoms with van der Waals surface area (Å²) in [7, 11) is 0. The lowest BCUT2D eigenvalue weighted by Crippen LogP contribution is -2.59. The van der Waals surface area contributed by atoms with Gasteiger partial charge in [0.05, 0.1) is 12.6 Å². The highest BCUT2D eigenvalue weighted by Crippen LogP contribution is 2.19. The fourth-order valence-corrected chi connectivity index (χ4v) is 4.09. The van der Waals surface area contributed by atoms with Crippen molar-refractivity contribution < 1.29 is 29.4 Å². The van der Waals surface area contributed by atoms with Gasteiger partial charge >= 0.3 is 5.97 Å². The second-order valence-corrected chi connectivity index (χ2v) is 9.73. The van der Waals surface area contributed by atoms with E-state index in [0.29, 0.717) is 11.1 Å². The number of benzene rings is 2. The maximum atomic E-state index is 13.4. The predicted molar refractivity (Wildman–Crippen MR) is 145 cm³/mol. The molecule has 11 nitrogen and oxygen atoms in total. The molecule has 0 fully saturated rings. The van der Waals surface area contributed by atoms with E-state index in [1.165, 1.54) is 0 Å². The van der Waals surface area contributed by atoms with Gasteiger partial charge in [0, 0.05) is 29.9 Å². The molecular formula is C28H35N5O6. The average Bonchev–Trinajstić information content (AvgIpc) is 3.33. The van der Waals surface area contributed by atoms with Crippen molar-refractivity contribution in [1.29, 1.82) is 0 Å². The summed E-state index contributed by atoms with van der Waals surface area (Å²) in [4.78, 5) is 54.0. The molecule has 0 saturated heterocycles. The number of amides is 3. The molecule has 208 valence electrons.